The number of allylic oxidation sites excluding steroid dienone is 2. The average molecular weight is 637 g/mol. The van der Waals surface area contributed by atoms with Gasteiger partial charge in [0.1, 0.15) is 16.6 Å². The summed E-state index contributed by atoms with van der Waals surface area (Å²) in [5.41, 5.74) is 3.57. The molecule has 7 heteroatoms. The molecule has 0 spiro atoms. The minimum atomic E-state index is -0.863. The molecule has 246 valence electrons. The lowest BCUT2D eigenvalue weighted by molar-refractivity contribution is -0.168. The van der Waals surface area contributed by atoms with E-state index in [-0.39, 0.29) is 28.3 Å². The van der Waals surface area contributed by atoms with Gasteiger partial charge < -0.3 is 14.9 Å². The summed E-state index contributed by atoms with van der Waals surface area (Å²) in [6, 6.07) is 0. The number of carbonyl (C=O) groups excluding carboxylic acids is 1. The van der Waals surface area contributed by atoms with Gasteiger partial charge in [-0.15, -0.1) is 0 Å². The summed E-state index contributed by atoms with van der Waals surface area (Å²) in [7, 11) is 2.53. The fourth-order valence-electron chi connectivity index (χ4n) is 10.4. The van der Waals surface area contributed by atoms with Crippen molar-refractivity contribution in [2.45, 2.75) is 162 Å². The number of hydrogen-bond acceptors (Lipinski definition) is 6. The Morgan fingerprint density at radius 2 is 1.58 bits per heavy atom. The number of aliphatic carboxylic acids is 1. The molecular formula is C36H60O5S2. The highest BCUT2D eigenvalue weighted by atomic mass is 33.1. The molecule has 5 nitrogen and oxygen atoms in total. The molecule has 9 atom stereocenters. The SMILES string of the molecule is CC(SSC(C)C(=O)OC1CC[C@]2(C)C3=C(CC[C@H]2C1(C)C)[C@]1(C)CC[C@H]([C@H](C)CCCC(C)(C)O)[C@@]1(C)CC3)C(=O)O. The van der Waals surface area contributed by atoms with Crippen molar-refractivity contribution in [3.8, 4) is 0 Å². The van der Waals surface area contributed by atoms with Crippen LogP contribution in [-0.4, -0.2) is 44.4 Å². The number of fused-ring (bicyclic) bond motifs is 4. The third-order valence-corrected chi connectivity index (χ3v) is 16.3. The Morgan fingerprint density at radius 1 is 0.930 bits per heavy atom. The van der Waals surface area contributed by atoms with E-state index in [2.05, 4.69) is 41.5 Å². The van der Waals surface area contributed by atoms with E-state index < -0.39 is 22.1 Å². The highest BCUT2D eigenvalue weighted by Gasteiger charge is 2.63. The number of carbonyl (C=O) groups is 2. The summed E-state index contributed by atoms with van der Waals surface area (Å²) in [6.07, 6.45) is 12.4. The van der Waals surface area contributed by atoms with Crippen molar-refractivity contribution in [1.29, 1.82) is 0 Å². The second kappa shape index (κ2) is 12.5. The zero-order valence-corrected chi connectivity index (χ0v) is 30.3. The van der Waals surface area contributed by atoms with E-state index >= 15 is 0 Å². The van der Waals surface area contributed by atoms with E-state index in [1.807, 2.05) is 20.8 Å². The van der Waals surface area contributed by atoms with E-state index in [1.165, 1.54) is 60.1 Å². The van der Waals surface area contributed by atoms with Crippen molar-refractivity contribution in [3.63, 3.8) is 0 Å². The summed E-state index contributed by atoms with van der Waals surface area (Å²) in [4.78, 5) is 24.3. The van der Waals surface area contributed by atoms with Gasteiger partial charge in [-0.05, 0) is 119 Å². The molecule has 0 heterocycles. The van der Waals surface area contributed by atoms with E-state index in [9.17, 15) is 19.8 Å². The first-order valence-corrected chi connectivity index (χ1v) is 19.3. The van der Waals surface area contributed by atoms with Gasteiger partial charge in [-0.2, -0.15) is 0 Å². The van der Waals surface area contributed by atoms with Gasteiger partial charge in [0, 0.05) is 5.41 Å². The van der Waals surface area contributed by atoms with Crippen LogP contribution in [0.15, 0.2) is 11.1 Å². The van der Waals surface area contributed by atoms with Crippen LogP contribution in [-0.2, 0) is 14.3 Å². The Bertz CT molecular complexity index is 1090. The van der Waals surface area contributed by atoms with Crippen molar-refractivity contribution in [2.24, 2.45) is 39.4 Å². The summed E-state index contributed by atoms with van der Waals surface area (Å²) >= 11 is 0. The minimum absolute atomic E-state index is 0.116. The molecular weight excluding hydrogens is 577 g/mol. The smallest absolute Gasteiger partial charge is 0.319 e. The summed E-state index contributed by atoms with van der Waals surface area (Å²) < 4.78 is 6.24. The van der Waals surface area contributed by atoms with Gasteiger partial charge in [0.15, 0.2) is 0 Å². The van der Waals surface area contributed by atoms with Gasteiger partial charge in [-0.25, -0.2) is 0 Å². The Morgan fingerprint density at radius 3 is 2.21 bits per heavy atom. The molecule has 4 rings (SSSR count). The molecule has 3 unspecified atom stereocenters. The fourth-order valence-corrected chi connectivity index (χ4v) is 12.4. The lowest BCUT2D eigenvalue weighted by Crippen LogP contribution is -2.56. The van der Waals surface area contributed by atoms with Crippen LogP contribution in [0.1, 0.15) is 140 Å². The van der Waals surface area contributed by atoms with Crippen molar-refractivity contribution in [3.05, 3.63) is 11.1 Å². The van der Waals surface area contributed by atoms with Crippen LogP contribution in [0.4, 0.5) is 0 Å². The molecule has 0 aliphatic heterocycles. The summed E-state index contributed by atoms with van der Waals surface area (Å²) in [5.74, 6) is 0.807. The van der Waals surface area contributed by atoms with Crippen LogP contribution in [0.5, 0.6) is 0 Å². The quantitative estimate of drug-likeness (QED) is 0.133. The highest BCUT2D eigenvalue weighted by molar-refractivity contribution is 8.77. The van der Waals surface area contributed by atoms with Crippen LogP contribution < -0.4 is 0 Å². The molecule has 0 aromatic rings. The van der Waals surface area contributed by atoms with Gasteiger partial charge in [0.2, 0.25) is 0 Å². The summed E-state index contributed by atoms with van der Waals surface area (Å²) in [5, 5.41) is 18.5. The standard InChI is InChI=1S/C36H60O5S2/c1-22(12-11-18-32(4,5)40)25-15-20-36(10)27-13-14-28-33(6,7)29(41-31(39)24(3)43-42-23(2)30(37)38)17-19-34(28,8)26(27)16-21-35(25,36)9/h22-25,28-29,40H,11-21H2,1-10H3,(H,37,38)/t22-,23?,24?,25-,28+,29?,34-,35-,36+/m1/s1. The molecule has 2 fully saturated rings. The largest absolute Gasteiger partial charge is 0.480 e. The lowest BCUT2D eigenvalue weighted by atomic mass is 9.43. The van der Waals surface area contributed by atoms with Crippen LogP contribution >= 0.6 is 21.6 Å². The zero-order chi connectivity index (χ0) is 32.2. The number of carboxylic acid groups (broad SMARTS) is 1. The molecule has 0 radical (unpaired) electrons. The first-order valence-electron chi connectivity index (χ1n) is 17.0. The highest BCUT2D eigenvalue weighted by Crippen LogP contribution is 2.72. The van der Waals surface area contributed by atoms with E-state index in [4.69, 9.17) is 4.74 Å². The normalized spacial score (nSPS) is 37.5. The molecule has 2 saturated carbocycles. The Hall–Kier alpha value is -0.660. The number of ether oxygens (including phenoxy) is 1. The minimum Gasteiger partial charge on any atom is -0.480 e. The molecule has 0 saturated heterocycles. The Labute approximate surface area is 269 Å². The molecule has 43 heavy (non-hydrogen) atoms. The predicted octanol–water partition coefficient (Wildman–Crippen LogP) is 9.47. The number of carboxylic acids is 1. The molecule has 4 aliphatic rings. The Balaban J connectivity index is 1.49. The van der Waals surface area contributed by atoms with Crippen molar-refractivity contribution in [2.75, 3.05) is 0 Å². The van der Waals surface area contributed by atoms with Crippen LogP contribution in [0.3, 0.4) is 0 Å². The second-order valence-electron chi connectivity index (χ2n) is 16.6. The molecule has 0 aromatic carbocycles. The number of esters is 1. The second-order valence-corrected chi connectivity index (χ2v) is 19.6. The van der Waals surface area contributed by atoms with Crippen molar-refractivity contribution >= 4 is 33.5 Å². The third kappa shape index (κ3) is 6.48. The Kier molecular flexibility index (Phi) is 10.2. The van der Waals surface area contributed by atoms with Crippen molar-refractivity contribution < 1.29 is 24.5 Å². The van der Waals surface area contributed by atoms with Crippen LogP contribution in [0, 0.1) is 39.4 Å². The first kappa shape index (κ1) is 35.2. The van der Waals surface area contributed by atoms with Gasteiger partial charge in [0.05, 0.1) is 5.60 Å². The summed E-state index contributed by atoms with van der Waals surface area (Å²) in [6.45, 7) is 22.2. The lowest BCUT2D eigenvalue weighted by Gasteiger charge is -2.62. The molecule has 0 amide bonds. The first-order chi connectivity index (χ1) is 19.8. The topological polar surface area (TPSA) is 83.8 Å². The maximum atomic E-state index is 13.1. The van der Waals surface area contributed by atoms with Gasteiger partial charge >= 0.3 is 11.9 Å². The molecule has 4 aliphatic carbocycles. The van der Waals surface area contributed by atoms with E-state index in [0.29, 0.717) is 17.3 Å². The average Bonchev–Trinajstić information content (AvgIpc) is 3.19. The van der Waals surface area contributed by atoms with Crippen molar-refractivity contribution in [1.82, 2.24) is 0 Å². The van der Waals surface area contributed by atoms with Crippen LogP contribution in [0.25, 0.3) is 0 Å². The van der Waals surface area contributed by atoms with Gasteiger partial charge in [-0.3, -0.25) is 9.59 Å². The number of aliphatic hydroxyl groups is 1. The predicted molar refractivity (Wildman–Crippen MR) is 180 cm³/mol. The van der Waals surface area contributed by atoms with E-state index in [1.54, 1.807) is 18.1 Å². The zero-order valence-electron chi connectivity index (χ0n) is 28.7. The van der Waals surface area contributed by atoms with Gasteiger partial charge in [0.25, 0.3) is 0 Å². The molecule has 2 N–H and O–H groups in total. The number of hydrogen-bond donors (Lipinski definition) is 2. The van der Waals surface area contributed by atoms with E-state index in [0.717, 1.165) is 38.0 Å². The van der Waals surface area contributed by atoms with Crippen LogP contribution in [0.2, 0.25) is 0 Å². The maximum Gasteiger partial charge on any atom is 0.319 e. The van der Waals surface area contributed by atoms with Gasteiger partial charge in [-0.1, -0.05) is 87.1 Å². The molecule has 0 aromatic heterocycles. The molecule has 0 bridgehead atoms. The monoisotopic (exact) mass is 636 g/mol. The fraction of sp³-hybridized carbons (Fsp3) is 0.889. The maximum absolute atomic E-state index is 13.1. The number of rotatable bonds is 11. The third-order valence-electron chi connectivity index (χ3n) is 13.2.